The lowest BCUT2D eigenvalue weighted by Gasteiger charge is -2.11. The van der Waals surface area contributed by atoms with E-state index in [1.54, 1.807) is 0 Å². The van der Waals surface area contributed by atoms with Gasteiger partial charge in [-0.2, -0.15) is 4.98 Å². The zero-order valence-corrected chi connectivity index (χ0v) is 16.2. The topological polar surface area (TPSA) is 91.0 Å². The van der Waals surface area contributed by atoms with E-state index < -0.39 is 0 Å². The van der Waals surface area contributed by atoms with Gasteiger partial charge in [-0.3, -0.25) is 0 Å². The van der Waals surface area contributed by atoms with Crippen molar-refractivity contribution in [3.8, 4) is 0 Å². The summed E-state index contributed by atoms with van der Waals surface area (Å²) >= 11 is 0. The van der Waals surface area contributed by atoms with Crippen LogP contribution in [0, 0.1) is 13.8 Å². The second-order valence-corrected chi connectivity index (χ2v) is 6.40. The highest BCUT2D eigenvalue weighted by Gasteiger charge is 2.05. The summed E-state index contributed by atoms with van der Waals surface area (Å²) < 4.78 is 0. The number of carbonyl (C=O) groups is 1. The molecule has 0 spiro atoms. The molecule has 7 heteroatoms. The molecule has 3 aromatic rings. The van der Waals surface area contributed by atoms with E-state index in [9.17, 15) is 4.79 Å². The molecule has 0 unspecified atom stereocenters. The number of rotatable bonds is 6. The monoisotopic (exact) mass is 376 g/mol. The van der Waals surface area contributed by atoms with Crippen molar-refractivity contribution in [2.45, 2.75) is 20.8 Å². The van der Waals surface area contributed by atoms with Gasteiger partial charge in [-0.25, -0.2) is 9.78 Å². The first-order valence-corrected chi connectivity index (χ1v) is 9.13. The molecule has 0 aliphatic heterocycles. The Kier molecular flexibility index (Phi) is 6.06. The van der Waals surface area contributed by atoms with Gasteiger partial charge in [0.1, 0.15) is 5.82 Å². The SMILES string of the molecule is CCNc1cc(C)nc(Nc2ccc(NC(=O)Nc3cccc(C)c3)cc2)n1. The molecule has 0 radical (unpaired) electrons. The van der Waals surface area contributed by atoms with Gasteiger partial charge in [-0.05, 0) is 62.7 Å². The lowest BCUT2D eigenvalue weighted by molar-refractivity contribution is 0.262. The van der Waals surface area contributed by atoms with Gasteiger partial charge in [0.15, 0.2) is 0 Å². The molecule has 4 N–H and O–H groups in total. The molecule has 3 rings (SSSR count). The van der Waals surface area contributed by atoms with Gasteiger partial charge in [0, 0.05) is 35.4 Å². The fourth-order valence-electron chi connectivity index (χ4n) is 2.68. The predicted octanol–water partition coefficient (Wildman–Crippen LogP) is 4.91. The summed E-state index contributed by atoms with van der Waals surface area (Å²) in [5.74, 6) is 1.30. The highest BCUT2D eigenvalue weighted by molar-refractivity contribution is 5.99. The maximum Gasteiger partial charge on any atom is 0.323 e. The lowest BCUT2D eigenvalue weighted by Crippen LogP contribution is -2.19. The summed E-state index contributed by atoms with van der Waals surface area (Å²) in [6.45, 7) is 6.72. The first-order chi connectivity index (χ1) is 13.5. The van der Waals surface area contributed by atoms with Crippen LogP contribution in [0.25, 0.3) is 0 Å². The van der Waals surface area contributed by atoms with E-state index >= 15 is 0 Å². The standard InChI is InChI=1S/C21H24N6O/c1-4-22-19-13-15(3)23-20(27-19)24-16-8-10-17(11-9-16)25-21(28)26-18-7-5-6-14(2)12-18/h5-13H,4H2,1-3H3,(H2,25,26,28)(H2,22,23,24,27). The quantitative estimate of drug-likeness (QED) is 0.490. The molecule has 28 heavy (non-hydrogen) atoms. The van der Waals surface area contributed by atoms with Crippen LogP contribution < -0.4 is 21.3 Å². The Bertz CT molecular complexity index is 955. The van der Waals surface area contributed by atoms with E-state index in [4.69, 9.17) is 0 Å². The summed E-state index contributed by atoms with van der Waals surface area (Å²) in [6.07, 6.45) is 0. The largest absolute Gasteiger partial charge is 0.370 e. The molecule has 2 aromatic carbocycles. The van der Waals surface area contributed by atoms with E-state index in [1.165, 1.54) is 0 Å². The molecular formula is C21H24N6O. The van der Waals surface area contributed by atoms with Gasteiger partial charge in [0.05, 0.1) is 0 Å². The number of nitrogens with one attached hydrogen (secondary N) is 4. The zero-order chi connectivity index (χ0) is 19.9. The number of carbonyl (C=O) groups excluding carboxylic acids is 1. The average Bonchev–Trinajstić information content (AvgIpc) is 2.63. The van der Waals surface area contributed by atoms with Crippen LogP contribution in [0.1, 0.15) is 18.2 Å². The fourth-order valence-corrected chi connectivity index (χ4v) is 2.68. The molecule has 2 amide bonds. The number of hydrogen-bond donors (Lipinski definition) is 4. The smallest absolute Gasteiger partial charge is 0.323 e. The Labute approximate surface area is 164 Å². The Morgan fingerprint density at radius 3 is 2.32 bits per heavy atom. The number of aryl methyl sites for hydroxylation is 2. The van der Waals surface area contributed by atoms with Crippen molar-refractivity contribution in [3.05, 3.63) is 65.9 Å². The van der Waals surface area contributed by atoms with Crippen molar-refractivity contribution in [3.63, 3.8) is 0 Å². The molecule has 0 fully saturated rings. The molecule has 0 saturated carbocycles. The molecule has 0 aliphatic carbocycles. The summed E-state index contributed by atoms with van der Waals surface area (Å²) in [4.78, 5) is 21.0. The number of hydrogen-bond acceptors (Lipinski definition) is 5. The molecule has 7 nitrogen and oxygen atoms in total. The van der Waals surface area contributed by atoms with Gasteiger partial charge in [-0.1, -0.05) is 12.1 Å². The minimum Gasteiger partial charge on any atom is -0.370 e. The number of benzene rings is 2. The van der Waals surface area contributed by atoms with Crippen LogP contribution in [0.5, 0.6) is 0 Å². The van der Waals surface area contributed by atoms with E-state index in [1.807, 2.05) is 75.4 Å². The van der Waals surface area contributed by atoms with Crippen molar-refractivity contribution in [1.82, 2.24) is 9.97 Å². The van der Waals surface area contributed by atoms with Crippen molar-refractivity contribution in [1.29, 1.82) is 0 Å². The number of anilines is 5. The van der Waals surface area contributed by atoms with E-state index in [0.29, 0.717) is 11.6 Å². The van der Waals surface area contributed by atoms with E-state index in [2.05, 4.69) is 31.2 Å². The molecule has 1 aromatic heterocycles. The number of nitrogens with zero attached hydrogens (tertiary/aromatic N) is 2. The first-order valence-electron chi connectivity index (χ1n) is 9.13. The van der Waals surface area contributed by atoms with Crippen LogP contribution in [0.15, 0.2) is 54.6 Å². The van der Waals surface area contributed by atoms with Crippen LogP contribution in [-0.2, 0) is 0 Å². The van der Waals surface area contributed by atoms with Crippen LogP contribution in [-0.4, -0.2) is 22.5 Å². The first kappa shape index (κ1) is 19.2. The van der Waals surface area contributed by atoms with Gasteiger partial charge >= 0.3 is 6.03 Å². The molecule has 144 valence electrons. The average molecular weight is 376 g/mol. The number of aromatic nitrogens is 2. The highest BCUT2D eigenvalue weighted by atomic mass is 16.2. The molecule has 0 atom stereocenters. The third kappa shape index (κ3) is 5.44. The number of amides is 2. The molecule has 0 aliphatic rings. The predicted molar refractivity (Wildman–Crippen MR) is 114 cm³/mol. The van der Waals surface area contributed by atoms with Gasteiger partial charge in [0.25, 0.3) is 0 Å². The van der Waals surface area contributed by atoms with Crippen LogP contribution in [0.2, 0.25) is 0 Å². The Hall–Kier alpha value is -3.61. The van der Waals surface area contributed by atoms with Crippen molar-refractivity contribution < 1.29 is 4.79 Å². The van der Waals surface area contributed by atoms with E-state index in [-0.39, 0.29) is 6.03 Å². The highest BCUT2D eigenvalue weighted by Crippen LogP contribution is 2.19. The second-order valence-electron chi connectivity index (χ2n) is 6.40. The van der Waals surface area contributed by atoms with Crippen molar-refractivity contribution in [2.75, 3.05) is 27.8 Å². The molecular weight excluding hydrogens is 352 g/mol. The van der Waals surface area contributed by atoms with E-state index in [0.717, 1.165) is 35.0 Å². The fraction of sp³-hybridized carbons (Fsp3) is 0.190. The molecule has 0 bridgehead atoms. The Morgan fingerprint density at radius 2 is 1.61 bits per heavy atom. The third-order valence-corrected chi connectivity index (χ3v) is 3.89. The maximum atomic E-state index is 12.1. The summed E-state index contributed by atoms with van der Waals surface area (Å²) in [7, 11) is 0. The summed E-state index contributed by atoms with van der Waals surface area (Å²) in [5, 5.41) is 12.0. The minimum atomic E-state index is -0.288. The normalized spacial score (nSPS) is 10.2. The maximum absolute atomic E-state index is 12.1. The van der Waals surface area contributed by atoms with Gasteiger partial charge < -0.3 is 21.3 Å². The molecule has 1 heterocycles. The van der Waals surface area contributed by atoms with Gasteiger partial charge in [0.2, 0.25) is 5.95 Å². The molecule has 0 saturated heterocycles. The summed E-state index contributed by atoms with van der Waals surface area (Å²) in [5.41, 5.74) is 4.24. The lowest BCUT2D eigenvalue weighted by atomic mass is 10.2. The van der Waals surface area contributed by atoms with Crippen molar-refractivity contribution >= 4 is 34.9 Å². The van der Waals surface area contributed by atoms with Crippen LogP contribution >= 0.6 is 0 Å². The Balaban J connectivity index is 1.61. The Morgan fingerprint density at radius 1 is 0.893 bits per heavy atom. The van der Waals surface area contributed by atoms with Crippen molar-refractivity contribution in [2.24, 2.45) is 0 Å². The number of urea groups is 1. The van der Waals surface area contributed by atoms with Gasteiger partial charge in [-0.15, -0.1) is 0 Å². The third-order valence-electron chi connectivity index (χ3n) is 3.89. The second kappa shape index (κ2) is 8.85. The summed E-state index contributed by atoms with van der Waals surface area (Å²) in [6, 6.07) is 16.6. The zero-order valence-electron chi connectivity index (χ0n) is 16.2. The minimum absolute atomic E-state index is 0.288. The van der Waals surface area contributed by atoms with Crippen LogP contribution in [0.3, 0.4) is 0 Å². The van der Waals surface area contributed by atoms with Crippen LogP contribution in [0.4, 0.5) is 33.6 Å².